The minimum absolute atomic E-state index is 0.206. The molecule has 1 aromatic carbocycles. The molecule has 2 aromatic rings. The van der Waals surface area contributed by atoms with Crippen LogP contribution in [0.3, 0.4) is 0 Å². The van der Waals surface area contributed by atoms with Crippen molar-refractivity contribution in [2.45, 2.75) is 11.4 Å². The highest BCUT2D eigenvalue weighted by atomic mass is 32.2. The quantitative estimate of drug-likeness (QED) is 0.860. The van der Waals surface area contributed by atoms with Crippen LogP contribution in [0.2, 0.25) is 0 Å². The van der Waals surface area contributed by atoms with Crippen LogP contribution < -0.4 is 5.32 Å². The molecular formula is C12H13FN2S2. The van der Waals surface area contributed by atoms with Gasteiger partial charge in [-0.15, -0.1) is 23.1 Å². The lowest BCUT2D eigenvalue weighted by molar-refractivity contribution is 0.628. The SMILES string of the molecule is CNCc1csc(-c2c(F)cccc2SC)n1. The van der Waals surface area contributed by atoms with Gasteiger partial charge in [-0.2, -0.15) is 0 Å². The van der Waals surface area contributed by atoms with Gasteiger partial charge in [0.05, 0.1) is 11.3 Å². The largest absolute Gasteiger partial charge is 0.314 e. The predicted octanol–water partition coefficient (Wildman–Crippen LogP) is 3.39. The van der Waals surface area contributed by atoms with E-state index >= 15 is 0 Å². The molecule has 0 radical (unpaired) electrons. The van der Waals surface area contributed by atoms with Crippen molar-refractivity contribution in [3.63, 3.8) is 0 Å². The number of thioether (sulfide) groups is 1. The molecule has 0 atom stereocenters. The van der Waals surface area contributed by atoms with E-state index in [0.29, 0.717) is 12.1 Å². The molecule has 0 spiro atoms. The average Bonchev–Trinajstić information content (AvgIpc) is 2.77. The van der Waals surface area contributed by atoms with Gasteiger partial charge in [-0.25, -0.2) is 9.37 Å². The summed E-state index contributed by atoms with van der Waals surface area (Å²) < 4.78 is 13.9. The van der Waals surface area contributed by atoms with Gasteiger partial charge in [0.15, 0.2) is 0 Å². The summed E-state index contributed by atoms with van der Waals surface area (Å²) in [5.41, 5.74) is 1.56. The minimum atomic E-state index is -0.206. The van der Waals surface area contributed by atoms with Gasteiger partial charge < -0.3 is 5.32 Å². The summed E-state index contributed by atoms with van der Waals surface area (Å²) in [4.78, 5) is 5.37. The third-order valence-electron chi connectivity index (χ3n) is 2.32. The van der Waals surface area contributed by atoms with Crippen LogP contribution in [-0.2, 0) is 6.54 Å². The number of benzene rings is 1. The van der Waals surface area contributed by atoms with Crippen molar-refractivity contribution in [3.8, 4) is 10.6 Å². The molecule has 0 amide bonds. The van der Waals surface area contributed by atoms with Gasteiger partial charge in [0.2, 0.25) is 0 Å². The van der Waals surface area contributed by atoms with Crippen molar-refractivity contribution >= 4 is 23.1 Å². The number of thiazole rings is 1. The van der Waals surface area contributed by atoms with Crippen molar-refractivity contribution in [3.05, 3.63) is 35.1 Å². The third-order valence-corrected chi connectivity index (χ3v) is 4.01. The van der Waals surface area contributed by atoms with E-state index in [0.717, 1.165) is 15.6 Å². The van der Waals surface area contributed by atoms with Crippen molar-refractivity contribution in [1.29, 1.82) is 0 Å². The molecule has 0 aliphatic heterocycles. The monoisotopic (exact) mass is 268 g/mol. The fourth-order valence-electron chi connectivity index (χ4n) is 1.57. The van der Waals surface area contributed by atoms with Crippen LogP contribution in [0.1, 0.15) is 5.69 Å². The van der Waals surface area contributed by atoms with Crippen molar-refractivity contribution in [2.24, 2.45) is 0 Å². The molecule has 0 aliphatic carbocycles. The first-order chi connectivity index (χ1) is 8.26. The molecule has 0 fully saturated rings. The molecule has 0 unspecified atom stereocenters. The van der Waals surface area contributed by atoms with E-state index in [1.807, 2.05) is 24.7 Å². The molecule has 0 bridgehead atoms. The van der Waals surface area contributed by atoms with E-state index < -0.39 is 0 Å². The summed E-state index contributed by atoms with van der Waals surface area (Å²) in [7, 11) is 1.87. The Morgan fingerprint density at radius 3 is 3.00 bits per heavy atom. The Labute approximate surface area is 108 Å². The topological polar surface area (TPSA) is 24.9 Å². The summed E-state index contributed by atoms with van der Waals surface area (Å²) in [6.07, 6.45) is 1.94. The highest BCUT2D eigenvalue weighted by Crippen LogP contribution is 2.34. The summed E-state index contributed by atoms with van der Waals surface area (Å²) >= 11 is 3.02. The summed E-state index contributed by atoms with van der Waals surface area (Å²) in [6.45, 7) is 0.708. The number of hydrogen-bond acceptors (Lipinski definition) is 4. The molecule has 0 aliphatic rings. The number of rotatable bonds is 4. The van der Waals surface area contributed by atoms with Crippen LogP contribution >= 0.6 is 23.1 Å². The van der Waals surface area contributed by atoms with Crippen molar-refractivity contribution < 1.29 is 4.39 Å². The minimum Gasteiger partial charge on any atom is -0.314 e. The second-order valence-corrected chi connectivity index (χ2v) is 5.20. The smallest absolute Gasteiger partial charge is 0.134 e. The van der Waals surface area contributed by atoms with Crippen LogP contribution in [-0.4, -0.2) is 18.3 Å². The molecule has 90 valence electrons. The van der Waals surface area contributed by atoms with Crippen molar-refractivity contribution in [2.75, 3.05) is 13.3 Å². The number of aromatic nitrogens is 1. The molecule has 1 N–H and O–H groups in total. The molecule has 5 heteroatoms. The summed E-state index contributed by atoms with van der Waals surface area (Å²) in [6, 6.07) is 5.13. The fraction of sp³-hybridized carbons (Fsp3) is 0.250. The molecular weight excluding hydrogens is 255 g/mol. The number of hydrogen-bond donors (Lipinski definition) is 1. The van der Waals surface area contributed by atoms with Crippen LogP contribution in [0.25, 0.3) is 10.6 Å². The van der Waals surface area contributed by atoms with Crippen LogP contribution in [0.5, 0.6) is 0 Å². The third kappa shape index (κ3) is 2.68. The normalized spacial score (nSPS) is 10.8. The van der Waals surface area contributed by atoms with Gasteiger partial charge in [0.1, 0.15) is 10.8 Å². The average molecular weight is 268 g/mol. The lowest BCUT2D eigenvalue weighted by Crippen LogP contribution is -2.05. The molecule has 17 heavy (non-hydrogen) atoms. The highest BCUT2D eigenvalue weighted by molar-refractivity contribution is 7.98. The molecule has 1 aromatic heterocycles. The predicted molar refractivity (Wildman–Crippen MR) is 72.1 cm³/mol. The van der Waals surface area contributed by atoms with Gasteiger partial charge in [-0.3, -0.25) is 0 Å². The van der Waals surface area contributed by atoms with E-state index in [1.165, 1.54) is 29.2 Å². The lowest BCUT2D eigenvalue weighted by atomic mass is 10.2. The van der Waals surface area contributed by atoms with Crippen LogP contribution in [0.15, 0.2) is 28.5 Å². The molecule has 2 nitrogen and oxygen atoms in total. The number of halogens is 1. The van der Waals surface area contributed by atoms with Gasteiger partial charge >= 0.3 is 0 Å². The Kier molecular flexibility index (Phi) is 4.15. The van der Waals surface area contributed by atoms with Crippen LogP contribution in [0.4, 0.5) is 4.39 Å². The highest BCUT2D eigenvalue weighted by Gasteiger charge is 2.13. The second-order valence-electron chi connectivity index (χ2n) is 3.49. The number of nitrogens with zero attached hydrogens (tertiary/aromatic N) is 1. The fourth-order valence-corrected chi connectivity index (χ4v) is 3.12. The first kappa shape index (κ1) is 12.5. The Morgan fingerprint density at radius 2 is 2.29 bits per heavy atom. The van der Waals surface area contributed by atoms with E-state index in [4.69, 9.17) is 0 Å². The summed E-state index contributed by atoms with van der Waals surface area (Å²) in [5.74, 6) is -0.206. The first-order valence-electron chi connectivity index (χ1n) is 5.18. The molecule has 2 rings (SSSR count). The maximum absolute atomic E-state index is 13.9. The Balaban J connectivity index is 2.44. The lowest BCUT2D eigenvalue weighted by Gasteiger charge is -2.05. The number of nitrogens with one attached hydrogen (secondary N) is 1. The second kappa shape index (κ2) is 5.62. The van der Waals surface area contributed by atoms with Crippen molar-refractivity contribution in [1.82, 2.24) is 10.3 Å². The maximum atomic E-state index is 13.9. The van der Waals surface area contributed by atoms with Gasteiger partial charge in [0, 0.05) is 16.8 Å². The zero-order chi connectivity index (χ0) is 12.3. The van der Waals surface area contributed by atoms with Crippen LogP contribution in [0, 0.1) is 5.82 Å². The first-order valence-corrected chi connectivity index (χ1v) is 7.28. The Hall–Kier alpha value is -0.910. The van der Waals surface area contributed by atoms with Gasteiger partial charge in [0.25, 0.3) is 0 Å². The van der Waals surface area contributed by atoms with E-state index in [2.05, 4.69) is 10.3 Å². The Morgan fingerprint density at radius 1 is 1.47 bits per heavy atom. The molecule has 0 saturated carbocycles. The zero-order valence-electron chi connectivity index (χ0n) is 9.66. The Bertz CT molecular complexity index is 511. The molecule has 1 heterocycles. The van der Waals surface area contributed by atoms with E-state index in [-0.39, 0.29) is 5.82 Å². The van der Waals surface area contributed by atoms with Gasteiger partial charge in [-0.1, -0.05) is 6.07 Å². The van der Waals surface area contributed by atoms with E-state index in [9.17, 15) is 4.39 Å². The zero-order valence-corrected chi connectivity index (χ0v) is 11.3. The van der Waals surface area contributed by atoms with E-state index in [1.54, 1.807) is 6.07 Å². The van der Waals surface area contributed by atoms with Gasteiger partial charge in [-0.05, 0) is 25.4 Å². The standard InChI is InChI=1S/C12H13FN2S2/c1-14-6-8-7-17-12(15-8)11-9(13)4-3-5-10(11)16-2/h3-5,7,14H,6H2,1-2H3. The summed E-state index contributed by atoms with van der Waals surface area (Å²) in [5, 5.41) is 5.75. The molecule has 0 saturated heterocycles. The maximum Gasteiger partial charge on any atom is 0.134 e.